The summed E-state index contributed by atoms with van der Waals surface area (Å²) in [5, 5.41) is 1.21. The zero-order valence-electron chi connectivity index (χ0n) is 38.1. The lowest BCUT2D eigenvalue weighted by Gasteiger charge is -2.52. The van der Waals surface area contributed by atoms with Gasteiger partial charge in [-0.25, -0.2) is 14.4 Å². The van der Waals surface area contributed by atoms with Gasteiger partial charge in [0.2, 0.25) is 5.75 Å². The van der Waals surface area contributed by atoms with E-state index in [1.807, 2.05) is 12.1 Å². The smallest absolute Gasteiger partial charge is 0.338 e. The van der Waals surface area contributed by atoms with Gasteiger partial charge in [0.05, 0.1) is 79.5 Å². The van der Waals surface area contributed by atoms with Crippen LogP contribution in [0.25, 0.3) is 10.9 Å². The number of rotatable bonds is 19. The number of carbonyl (C=O) groups excluding carboxylic acids is 4. The molecule has 0 amide bonds. The molecular weight excluding hydrogens is 833 g/mol. The third-order valence-corrected chi connectivity index (χ3v) is 11.8. The molecule has 1 saturated carbocycles. The molecule has 0 radical (unpaired) electrons. The van der Waals surface area contributed by atoms with Crippen molar-refractivity contribution in [3.63, 3.8) is 0 Å². The SMILES string of the molecule is C=C(C)C(=O)OCCOCCOCCOC(=O)C(=C)C.COC(=O)[C@H]1[C@H]2C[C@@H]3c4[nH]c5cc(OC)ccc5c4CCN3C[C@H]2C[C@@H](OC(=O)c2cc(OC)c(OC)c(OC)c2)[C@@H]1OC. The molecule has 2 aromatic carbocycles. The standard InChI is InChI=1S/C33H40N2O9.C14H22O6/c1-38-19-7-8-20-21-9-10-35-16-18-13-27(44-32(36)17-11-25(39-2)30(41-4)26(12-17)40-3)31(42-5)28(33(37)43-6)22(18)15-24(35)29(21)34-23(20)14-19;1-11(2)13(15)19-9-7-17-5-6-18-8-10-20-14(16)12(3)4/h7-8,11-12,14,18,22,24,27-28,31,34H,9-10,13,15-16H2,1-6H3;1,3,5-10H2,2,4H3/t18-,22+,24-,27-,28+,31+;/m1./s1. The minimum atomic E-state index is -0.670. The molecule has 1 saturated heterocycles. The third kappa shape index (κ3) is 11.7. The Labute approximate surface area is 374 Å². The number of piperidine rings is 1. The number of ether oxygens (including phenoxy) is 11. The quantitative estimate of drug-likeness (QED) is 0.0694. The summed E-state index contributed by atoms with van der Waals surface area (Å²) in [7, 11) is 9.10. The molecule has 1 aromatic heterocycles. The molecule has 6 atom stereocenters. The van der Waals surface area contributed by atoms with E-state index in [1.54, 1.807) is 40.2 Å². The summed E-state index contributed by atoms with van der Waals surface area (Å²) >= 11 is 0. The van der Waals surface area contributed by atoms with Crippen molar-refractivity contribution < 1.29 is 71.3 Å². The van der Waals surface area contributed by atoms with Crippen LogP contribution in [0.5, 0.6) is 23.0 Å². The minimum Gasteiger partial charge on any atom is -0.497 e. The van der Waals surface area contributed by atoms with Crippen molar-refractivity contribution in [1.82, 2.24) is 9.88 Å². The van der Waals surface area contributed by atoms with Crippen LogP contribution in [0.3, 0.4) is 0 Å². The van der Waals surface area contributed by atoms with Crippen molar-refractivity contribution in [1.29, 1.82) is 0 Å². The van der Waals surface area contributed by atoms with E-state index in [-0.39, 0.29) is 42.6 Å². The van der Waals surface area contributed by atoms with E-state index in [9.17, 15) is 19.2 Å². The number of benzene rings is 2. The zero-order chi connectivity index (χ0) is 46.5. The monoisotopic (exact) mass is 894 g/mol. The van der Waals surface area contributed by atoms with Crippen molar-refractivity contribution in [2.24, 2.45) is 17.8 Å². The molecule has 1 aliphatic carbocycles. The Morgan fingerprint density at radius 1 is 0.766 bits per heavy atom. The van der Waals surface area contributed by atoms with Gasteiger partial charge in [0, 0.05) is 54.0 Å². The molecule has 3 aliphatic rings. The summed E-state index contributed by atoms with van der Waals surface area (Å²) in [5.41, 5.74) is 4.55. The number of hydrogen-bond acceptors (Lipinski definition) is 16. The van der Waals surface area contributed by atoms with E-state index in [4.69, 9.17) is 52.1 Å². The molecular formula is C47H62N2O15. The van der Waals surface area contributed by atoms with Crippen molar-refractivity contribution in [3.05, 3.63) is 71.5 Å². The van der Waals surface area contributed by atoms with Crippen molar-refractivity contribution in [2.75, 3.05) is 95.4 Å². The summed E-state index contributed by atoms with van der Waals surface area (Å²) < 4.78 is 59.1. The van der Waals surface area contributed by atoms with Gasteiger partial charge in [0.1, 0.15) is 31.2 Å². The molecule has 2 fully saturated rings. The fraction of sp³-hybridized carbons (Fsp3) is 0.532. The second-order valence-electron chi connectivity index (χ2n) is 15.7. The number of hydrogen-bond donors (Lipinski definition) is 1. The number of nitrogens with one attached hydrogen (secondary N) is 1. The van der Waals surface area contributed by atoms with Gasteiger partial charge >= 0.3 is 23.9 Å². The van der Waals surface area contributed by atoms with E-state index in [0.29, 0.717) is 61.2 Å². The molecule has 3 heterocycles. The van der Waals surface area contributed by atoms with Gasteiger partial charge < -0.3 is 57.1 Å². The highest BCUT2D eigenvalue weighted by atomic mass is 16.6. The number of esters is 4. The van der Waals surface area contributed by atoms with E-state index in [0.717, 1.165) is 37.2 Å². The summed E-state index contributed by atoms with van der Waals surface area (Å²) in [4.78, 5) is 55.1. The molecule has 1 N–H and O–H groups in total. The van der Waals surface area contributed by atoms with E-state index in [1.165, 1.54) is 45.1 Å². The van der Waals surface area contributed by atoms with Gasteiger partial charge in [-0.15, -0.1) is 0 Å². The fourth-order valence-electron chi connectivity index (χ4n) is 8.72. The molecule has 2 aliphatic heterocycles. The predicted molar refractivity (Wildman–Crippen MR) is 234 cm³/mol. The molecule has 0 spiro atoms. The Balaban J connectivity index is 0.000000327. The Morgan fingerprint density at radius 2 is 1.38 bits per heavy atom. The van der Waals surface area contributed by atoms with Crippen LogP contribution in [0.2, 0.25) is 0 Å². The lowest BCUT2D eigenvalue weighted by atomic mass is 9.63. The van der Waals surface area contributed by atoms with Gasteiger partial charge in [-0.05, 0) is 74.8 Å². The van der Waals surface area contributed by atoms with Crippen LogP contribution >= 0.6 is 0 Å². The Kier molecular flexibility index (Phi) is 18.0. The molecule has 6 rings (SSSR count). The number of fused-ring (bicyclic) bond motifs is 6. The molecule has 17 heteroatoms. The van der Waals surface area contributed by atoms with Crippen LogP contribution in [0.4, 0.5) is 0 Å². The molecule has 3 aromatic rings. The largest absolute Gasteiger partial charge is 0.497 e. The van der Waals surface area contributed by atoms with Crippen LogP contribution in [0.1, 0.15) is 54.3 Å². The lowest BCUT2D eigenvalue weighted by molar-refractivity contribution is -0.176. The average Bonchev–Trinajstić information content (AvgIpc) is 3.68. The number of nitrogens with zero attached hydrogens (tertiary/aromatic N) is 1. The molecule has 350 valence electrons. The molecule has 0 unspecified atom stereocenters. The Bertz CT molecular complexity index is 2070. The van der Waals surface area contributed by atoms with Gasteiger partial charge in [-0.2, -0.15) is 0 Å². The first kappa shape index (κ1) is 49.4. The van der Waals surface area contributed by atoms with Crippen molar-refractivity contribution in [3.8, 4) is 23.0 Å². The number of methoxy groups -OCH3 is 6. The molecule has 64 heavy (non-hydrogen) atoms. The number of H-pyrrole nitrogens is 1. The summed E-state index contributed by atoms with van der Waals surface area (Å²) in [6, 6.07) is 9.40. The summed E-state index contributed by atoms with van der Waals surface area (Å²) in [6.45, 7) is 13.5. The van der Waals surface area contributed by atoms with Gasteiger partial charge in [0.15, 0.2) is 11.5 Å². The second-order valence-corrected chi connectivity index (χ2v) is 15.7. The van der Waals surface area contributed by atoms with E-state index >= 15 is 0 Å². The summed E-state index contributed by atoms with van der Waals surface area (Å²) in [6.07, 6.45) is 0.920. The highest BCUT2D eigenvalue weighted by Gasteiger charge is 2.54. The van der Waals surface area contributed by atoms with Crippen LogP contribution in [0.15, 0.2) is 54.6 Å². The Hall–Kier alpha value is -5.62. The van der Waals surface area contributed by atoms with Crippen LogP contribution in [0, 0.1) is 17.8 Å². The third-order valence-electron chi connectivity index (χ3n) is 11.8. The highest BCUT2D eigenvalue weighted by molar-refractivity contribution is 5.91. The maximum absolute atomic E-state index is 13.5. The van der Waals surface area contributed by atoms with Gasteiger partial charge in [-0.1, -0.05) is 13.2 Å². The highest BCUT2D eigenvalue weighted by Crippen LogP contribution is 2.51. The first-order chi connectivity index (χ1) is 30.8. The van der Waals surface area contributed by atoms with Crippen LogP contribution in [-0.4, -0.2) is 141 Å². The second kappa shape index (κ2) is 23.4. The van der Waals surface area contributed by atoms with Crippen LogP contribution < -0.4 is 18.9 Å². The van der Waals surface area contributed by atoms with Gasteiger partial charge in [0.25, 0.3) is 0 Å². The first-order valence-corrected chi connectivity index (χ1v) is 21.1. The first-order valence-electron chi connectivity index (χ1n) is 21.1. The van der Waals surface area contributed by atoms with Crippen LogP contribution in [-0.2, 0) is 54.0 Å². The summed E-state index contributed by atoms with van der Waals surface area (Å²) in [5.74, 6) is -0.413. The van der Waals surface area contributed by atoms with Gasteiger partial charge in [-0.3, -0.25) is 9.69 Å². The normalized spacial score (nSPS) is 21.1. The zero-order valence-corrected chi connectivity index (χ0v) is 38.1. The Morgan fingerprint density at radius 3 is 1.91 bits per heavy atom. The topological polar surface area (TPSA) is 189 Å². The fourth-order valence-corrected chi connectivity index (χ4v) is 8.72. The average molecular weight is 895 g/mol. The predicted octanol–water partition coefficient (Wildman–Crippen LogP) is 5.43. The number of aromatic amines is 1. The maximum Gasteiger partial charge on any atom is 0.338 e. The number of aromatic nitrogens is 1. The van der Waals surface area contributed by atoms with E-state index < -0.39 is 36.0 Å². The maximum atomic E-state index is 13.5. The minimum absolute atomic E-state index is 0.0170. The molecule has 0 bridgehead atoms. The molecule has 17 nitrogen and oxygen atoms in total. The van der Waals surface area contributed by atoms with E-state index in [2.05, 4.69) is 29.1 Å². The lowest BCUT2D eigenvalue weighted by Crippen LogP contribution is -2.58. The number of carbonyl (C=O) groups is 4. The van der Waals surface area contributed by atoms with Crippen molar-refractivity contribution >= 4 is 34.8 Å². The van der Waals surface area contributed by atoms with Crippen molar-refractivity contribution in [2.45, 2.75) is 51.4 Å².